The van der Waals surface area contributed by atoms with Crippen molar-refractivity contribution in [2.75, 3.05) is 19.5 Å². The lowest BCUT2D eigenvalue weighted by Gasteiger charge is -2.08. The lowest BCUT2D eigenvalue weighted by Crippen LogP contribution is -2.18. The number of unbranched alkanes of at least 4 members (excludes halogenated alkanes) is 1. The van der Waals surface area contributed by atoms with Crippen LogP contribution in [0.4, 0.5) is 11.4 Å². The lowest BCUT2D eigenvalue weighted by molar-refractivity contribution is 0.276. The molecule has 0 aliphatic rings. The predicted octanol–water partition coefficient (Wildman–Crippen LogP) is 4.73. The van der Waals surface area contributed by atoms with Gasteiger partial charge in [0.25, 0.3) is 0 Å². The zero-order chi connectivity index (χ0) is 16.0. The number of hydrogen-bond acceptors (Lipinski definition) is 3. The summed E-state index contributed by atoms with van der Waals surface area (Å²) in [6.07, 6.45) is 2.47. The molecule has 0 fully saturated rings. The summed E-state index contributed by atoms with van der Waals surface area (Å²) in [6.45, 7) is 2.18. The van der Waals surface area contributed by atoms with E-state index >= 15 is 0 Å². The van der Waals surface area contributed by atoms with Gasteiger partial charge in [-0.05, 0) is 30.3 Å². The van der Waals surface area contributed by atoms with Crippen molar-refractivity contribution in [3.63, 3.8) is 0 Å². The van der Waals surface area contributed by atoms with Gasteiger partial charge in [0.15, 0.2) is 0 Å². The Kier molecular flexibility index (Phi) is 10.0. The van der Waals surface area contributed by atoms with E-state index in [4.69, 9.17) is 8.85 Å². The fourth-order valence-electron chi connectivity index (χ4n) is 1.91. The monoisotopic (exact) mass is 317 g/mol. The summed E-state index contributed by atoms with van der Waals surface area (Å²) >= 11 is 0. The lowest BCUT2D eigenvalue weighted by atomic mass is 10.3. The third-order valence-electron chi connectivity index (χ3n) is 3.16. The minimum absolute atomic E-state index is 1.12. The quantitative estimate of drug-likeness (QED) is 0.749. The largest absolute Gasteiger partial charge is 0.400 e. The van der Waals surface area contributed by atoms with E-state index in [-0.39, 0.29) is 0 Å². The van der Waals surface area contributed by atoms with E-state index in [9.17, 15) is 0 Å². The molecule has 0 aliphatic heterocycles. The molecule has 120 valence electrons. The molecule has 0 amide bonds. The molecule has 2 rings (SSSR count). The van der Waals surface area contributed by atoms with Crippen LogP contribution in [-0.4, -0.2) is 23.5 Å². The second-order valence-corrected chi connectivity index (χ2v) is 7.28. The molecule has 22 heavy (non-hydrogen) atoms. The highest BCUT2D eigenvalue weighted by atomic mass is 28.3. The van der Waals surface area contributed by atoms with Gasteiger partial charge in [0.05, 0.1) is 0 Å². The van der Waals surface area contributed by atoms with Gasteiger partial charge >= 0.3 is 9.28 Å². The van der Waals surface area contributed by atoms with Crippen LogP contribution in [0.15, 0.2) is 60.7 Å². The molecule has 0 spiro atoms. The summed E-state index contributed by atoms with van der Waals surface area (Å²) in [7, 11) is 2.25. The van der Waals surface area contributed by atoms with Crippen LogP contribution in [0.1, 0.15) is 19.8 Å². The molecule has 0 unspecified atom stereocenters. The van der Waals surface area contributed by atoms with Crippen molar-refractivity contribution in [2.45, 2.75) is 25.8 Å². The third kappa shape index (κ3) is 7.98. The first-order chi connectivity index (χ1) is 10.8. The molecule has 0 bridgehead atoms. The van der Waals surface area contributed by atoms with E-state index in [0.29, 0.717) is 0 Å². The Bertz CT molecular complexity index is 437. The number of benzene rings is 2. The number of anilines is 2. The SMILES string of the molecule is CCCC[SiH](OC)OC.c1ccc(Nc2ccccc2)cc1. The number of rotatable bonds is 7. The molecule has 0 saturated carbocycles. The minimum Gasteiger partial charge on any atom is -0.400 e. The maximum absolute atomic E-state index is 5.12. The van der Waals surface area contributed by atoms with Gasteiger partial charge in [-0.2, -0.15) is 0 Å². The van der Waals surface area contributed by atoms with Gasteiger partial charge < -0.3 is 14.2 Å². The van der Waals surface area contributed by atoms with Crippen molar-refractivity contribution in [1.82, 2.24) is 0 Å². The Hall–Kier alpha value is -1.62. The van der Waals surface area contributed by atoms with E-state index in [1.54, 1.807) is 14.2 Å². The molecule has 0 aromatic heterocycles. The molecular formula is C18H27NO2Si. The summed E-state index contributed by atoms with van der Waals surface area (Å²) in [5.74, 6) is 0. The topological polar surface area (TPSA) is 30.5 Å². The molecule has 0 aliphatic carbocycles. The molecule has 3 nitrogen and oxygen atoms in total. The maximum Gasteiger partial charge on any atom is 0.320 e. The maximum atomic E-state index is 5.12. The highest BCUT2D eigenvalue weighted by molar-refractivity contribution is 6.44. The molecule has 0 heterocycles. The Morgan fingerprint density at radius 1 is 0.818 bits per heavy atom. The Morgan fingerprint density at radius 2 is 1.27 bits per heavy atom. The van der Waals surface area contributed by atoms with Crippen LogP contribution < -0.4 is 5.32 Å². The van der Waals surface area contributed by atoms with Crippen molar-refractivity contribution in [1.29, 1.82) is 0 Å². The highest BCUT2D eigenvalue weighted by Gasteiger charge is 2.06. The minimum atomic E-state index is -1.21. The van der Waals surface area contributed by atoms with Crippen molar-refractivity contribution >= 4 is 20.7 Å². The van der Waals surface area contributed by atoms with Crippen LogP contribution in [0.3, 0.4) is 0 Å². The van der Waals surface area contributed by atoms with Gasteiger partial charge in [0, 0.05) is 25.6 Å². The summed E-state index contributed by atoms with van der Waals surface area (Å²) in [5, 5.41) is 3.30. The summed E-state index contributed by atoms with van der Waals surface area (Å²) in [4.78, 5) is 0. The van der Waals surface area contributed by atoms with Crippen LogP contribution in [0, 0.1) is 0 Å². The van der Waals surface area contributed by atoms with Crippen molar-refractivity contribution in [3.05, 3.63) is 60.7 Å². The van der Waals surface area contributed by atoms with Crippen molar-refractivity contribution in [3.8, 4) is 0 Å². The summed E-state index contributed by atoms with van der Waals surface area (Å²) in [6, 6.07) is 21.4. The summed E-state index contributed by atoms with van der Waals surface area (Å²) in [5.41, 5.74) is 2.24. The number of nitrogens with one attached hydrogen (secondary N) is 1. The average molecular weight is 318 g/mol. The van der Waals surface area contributed by atoms with Crippen LogP contribution in [0.25, 0.3) is 0 Å². The fourth-order valence-corrected chi connectivity index (χ4v) is 3.32. The molecule has 2 aromatic rings. The second kappa shape index (κ2) is 12.0. The molecular weight excluding hydrogens is 290 g/mol. The van der Waals surface area contributed by atoms with Crippen LogP contribution in [0.2, 0.25) is 6.04 Å². The van der Waals surface area contributed by atoms with E-state index in [1.165, 1.54) is 12.8 Å². The number of para-hydroxylation sites is 2. The molecule has 0 saturated heterocycles. The van der Waals surface area contributed by atoms with Crippen LogP contribution in [-0.2, 0) is 8.85 Å². The van der Waals surface area contributed by atoms with E-state index < -0.39 is 9.28 Å². The third-order valence-corrected chi connectivity index (χ3v) is 5.09. The molecule has 2 aromatic carbocycles. The van der Waals surface area contributed by atoms with E-state index in [2.05, 4.69) is 12.2 Å². The standard InChI is InChI=1S/C12H11N.C6H16O2Si/c1-3-7-11(8-4-1)13-12-9-5-2-6-10-12;1-4-5-6-9(7-2)8-3/h1-10,13H;9H,4-6H2,1-3H3. The van der Waals surface area contributed by atoms with Crippen molar-refractivity contribution in [2.24, 2.45) is 0 Å². The van der Waals surface area contributed by atoms with E-state index in [0.717, 1.165) is 17.4 Å². The van der Waals surface area contributed by atoms with Gasteiger partial charge in [-0.3, -0.25) is 0 Å². The Labute approximate surface area is 136 Å². The second-order valence-electron chi connectivity index (χ2n) is 4.90. The molecule has 4 heteroatoms. The Morgan fingerprint density at radius 3 is 1.64 bits per heavy atom. The first-order valence-electron chi connectivity index (χ1n) is 7.72. The highest BCUT2D eigenvalue weighted by Crippen LogP contribution is 2.14. The average Bonchev–Trinajstić information content (AvgIpc) is 2.58. The van der Waals surface area contributed by atoms with Gasteiger partial charge in [-0.15, -0.1) is 0 Å². The van der Waals surface area contributed by atoms with E-state index in [1.807, 2.05) is 60.7 Å². The predicted molar refractivity (Wildman–Crippen MR) is 97.0 cm³/mol. The summed E-state index contributed by atoms with van der Waals surface area (Å²) < 4.78 is 10.2. The van der Waals surface area contributed by atoms with Crippen LogP contribution in [0.5, 0.6) is 0 Å². The molecule has 0 atom stereocenters. The zero-order valence-electron chi connectivity index (χ0n) is 13.8. The first-order valence-corrected chi connectivity index (χ1v) is 9.48. The first kappa shape index (κ1) is 18.4. The van der Waals surface area contributed by atoms with Gasteiger partial charge in [0.2, 0.25) is 0 Å². The van der Waals surface area contributed by atoms with Crippen molar-refractivity contribution < 1.29 is 8.85 Å². The van der Waals surface area contributed by atoms with Gasteiger partial charge in [0.1, 0.15) is 0 Å². The Balaban J connectivity index is 0.000000239. The molecule has 1 N–H and O–H groups in total. The zero-order valence-corrected chi connectivity index (χ0v) is 14.9. The smallest absolute Gasteiger partial charge is 0.320 e. The van der Waals surface area contributed by atoms with Crippen LogP contribution >= 0.6 is 0 Å². The number of hydrogen-bond donors (Lipinski definition) is 1. The van der Waals surface area contributed by atoms with Gasteiger partial charge in [-0.1, -0.05) is 56.2 Å². The normalized spacial score (nSPS) is 10.0. The molecule has 0 radical (unpaired) electrons. The fraction of sp³-hybridized carbons (Fsp3) is 0.333. The van der Waals surface area contributed by atoms with Gasteiger partial charge in [-0.25, -0.2) is 0 Å².